The van der Waals surface area contributed by atoms with E-state index in [1.54, 1.807) is 0 Å². The van der Waals surface area contributed by atoms with E-state index in [0.29, 0.717) is 0 Å². The zero-order chi connectivity index (χ0) is 13.8. The topological polar surface area (TPSA) is 57.6 Å². The minimum atomic E-state index is -3.66. The molecule has 1 rings (SSSR count). The summed E-state index contributed by atoms with van der Waals surface area (Å²) in [6.07, 6.45) is 0.206. The van der Waals surface area contributed by atoms with Gasteiger partial charge in [-0.3, -0.25) is 0 Å². The van der Waals surface area contributed by atoms with Crippen molar-refractivity contribution in [1.82, 2.24) is 4.31 Å². The third-order valence-corrected chi connectivity index (χ3v) is 4.03. The lowest BCUT2D eigenvalue weighted by molar-refractivity contribution is 0.305. The van der Waals surface area contributed by atoms with Gasteiger partial charge in [0.1, 0.15) is 5.82 Å². The van der Waals surface area contributed by atoms with Crippen LogP contribution in [0.3, 0.4) is 0 Å². The Hall–Kier alpha value is -1.42. The van der Waals surface area contributed by atoms with Crippen molar-refractivity contribution < 1.29 is 17.9 Å². The lowest BCUT2D eigenvalue weighted by atomic mass is 10.2. The molecular weight excluding hydrogens is 257 g/mol. The van der Waals surface area contributed by atoms with Crippen molar-refractivity contribution in [2.75, 3.05) is 20.7 Å². The van der Waals surface area contributed by atoms with Crippen molar-refractivity contribution in [2.24, 2.45) is 0 Å². The van der Waals surface area contributed by atoms with E-state index >= 15 is 0 Å². The van der Waals surface area contributed by atoms with Crippen LogP contribution in [0.4, 0.5) is 4.39 Å². The number of aliphatic hydroxyl groups excluding tert-OH is 1. The van der Waals surface area contributed by atoms with Crippen molar-refractivity contribution in [1.29, 1.82) is 0 Å². The molecule has 0 atom stereocenters. The Morgan fingerprint density at radius 3 is 2.61 bits per heavy atom. The lowest BCUT2D eigenvalue weighted by Crippen LogP contribution is -2.23. The molecule has 0 radical (unpaired) electrons. The molecule has 0 bridgehead atoms. The van der Waals surface area contributed by atoms with Crippen molar-refractivity contribution >= 4 is 10.0 Å². The van der Waals surface area contributed by atoms with E-state index in [1.807, 2.05) is 0 Å². The van der Waals surface area contributed by atoms with Gasteiger partial charge in [-0.2, -0.15) is 0 Å². The number of nitrogens with zero attached hydrogens (tertiary/aromatic N) is 1. The zero-order valence-electron chi connectivity index (χ0n) is 10.1. The summed E-state index contributed by atoms with van der Waals surface area (Å²) in [4.78, 5) is -0.0423. The number of hydrogen-bond donors (Lipinski definition) is 1. The lowest BCUT2D eigenvalue weighted by Gasteiger charge is -2.12. The highest BCUT2D eigenvalue weighted by Gasteiger charge is 2.20. The van der Waals surface area contributed by atoms with Gasteiger partial charge in [-0.25, -0.2) is 17.1 Å². The molecule has 0 saturated carbocycles. The maximum atomic E-state index is 13.1. The van der Waals surface area contributed by atoms with E-state index in [2.05, 4.69) is 11.8 Å². The molecule has 0 aromatic heterocycles. The smallest absolute Gasteiger partial charge is 0.243 e. The number of sulfonamides is 1. The third-order valence-electron chi connectivity index (χ3n) is 2.16. The van der Waals surface area contributed by atoms with Gasteiger partial charge in [0, 0.05) is 26.1 Å². The van der Waals surface area contributed by atoms with Gasteiger partial charge in [-0.1, -0.05) is 11.8 Å². The Labute approximate surface area is 106 Å². The van der Waals surface area contributed by atoms with E-state index in [-0.39, 0.29) is 23.5 Å². The molecule has 0 spiro atoms. The number of halogens is 1. The summed E-state index contributed by atoms with van der Waals surface area (Å²) in [7, 11) is -0.875. The van der Waals surface area contributed by atoms with Crippen LogP contribution in [0.2, 0.25) is 0 Å². The van der Waals surface area contributed by atoms with Crippen LogP contribution in [0.25, 0.3) is 0 Å². The highest BCUT2D eigenvalue weighted by Crippen LogP contribution is 2.19. The van der Waals surface area contributed by atoms with Crippen LogP contribution in [0.1, 0.15) is 12.0 Å². The van der Waals surface area contributed by atoms with Crippen molar-refractivity contribution in [3.05, 3.63) is 29.6 Å². The summed E-state index contributed by atoms with van der Waals surface area (Å²) in [5, 5.41) is 8.61. The van der Waals surface area contributed by atoms with Gasteiger partial charge < -0.3 is 5.11 Å². The predicted octanol–water partition coefficient (Wildman–Crippen LogP) is 0.810. The summed E-state index contributed by atoms with van der Waals surface area (Å²) in [5.41, 5.74) is 0.0946. The predicted molar refractivity (Wildman–Crippen MR) is 65.9 cm³/mol. The first kappa shape index (κ1) is 14.6. The Bertz CT molecular complexity index is 585. The Kier molecular flexibility index (Phi) is 4.84. The molecule has 98 valence electrons. The Morgan fingerprint density at radius 2 is 2.06 bits per heavy atom. The molecule has 1 aromatic carbocycles. The number of benzene rings is 1. The van der Waals surface area contributed by atoms with Crippen LogP contribution >= 0.6 is 0 Å². The molecule has 0 aliphatic rings. The zero-order valence-corrected chi connectivity index (χ0v) is 11.0. The van der Waals surface area contributed by atoms with Crippen LogP contribution < -0.4 is 0 Å². The van der Waals surface area contributed by atoms with Crippen LogP contribution in [0.15, 0.2) is 23.1 Å². The SMILES string of the molecule is CN(C)S(=O)(=O)c1ccc(F)cc1C#CCCO. The fourth-order valence-corrected chi connectivity index (χ4v) is 2.26. The highest BCUT2D eigenvalue weighted by atomic mass is 32.2. The van der Waals surface area contributed by atoms with E-state index in [1.165, 1.54) is 20.2 Å². The molecule has 0 heterocycles. The van der Waals surface area contributed by atoms with Crippen molar-refractivity contribution in [3.8, 4) is 11.8 Å². The van der Waals surface area contributed by atoms with Crippen LogP contribution in [-0.4, -0.2) is 38.5 Å². The monoisotopic (exact) mass is 271 g/mol. The fourth-order valence-electron chi connectivity index (χ4n) is 1.24. The normalized spacial score (nSPS) is 11.2. The number of aliphatic hydroxyl groups is 1. The molecule has 0 fully saturated rings. The van der Waals surface area contributed by atoms with Gasteiger partial charge in [-0.05, 0) is 18.2 Å². The van der Waals surface area contributed by atoms with Gasteiger partial charge >= 0.3 is 0 Å². The number of hydrogen-bond acceptors (Lipinski definition) is 3. The molecule has 0 unspecified atom stereocenters. The minimum Gasteiger partial charge on any atom is -0.395 e. The average Bonchev–Trinajstić information content (AvgIpc) is 2.29. The quantitative estimate of drug-likeness (QED) is 0.828. The van der Waals surface area contributed by atoms with Gasteiger partial charge in [0.05, 0.1) is 11.5 Å². The summed E-state index contributed by atoms with van der Waals surface area (Å²) < 4.78 is 38.1. The third kappa shape index (κ3) is 3.29. The van der Waals surface area contributed by atoms with E-state index in [0.717, 1.165) is 16.4 Å². The molecule has 1 aromatic rings. The van der Waals surface area contributed by atoms with E-state index in [9.17, 15) is 12.8 Å². The number of rotatable bonds is 3. The average molecular weight is 271 g/mol. The summed E-state index contributed by atoms with van der Waals surface area (Å²) in [6.45, 7) is -0.127. The van der Waals surface area contributed by atoms with E-state index in [4.69, 9.17) is 5.11 Å². The first-order chi connectivity index (χ1) is 8.39. The van der Waals surface area contributed by atoms with Gasteiger partial charge in [0.2, 0.25) is 10.0 Å². The molecule has 4 nitrogen and oxygen atoms in total. The molecule has 0 aliphatic carbocycles. The van der Waals surface area contributed by atoms with Gasteiger partial charge in [0.25, 0.3) is 0 Å². The molecule has 1 N–H and O–H groups in total. The van der Waals surface area contributed by atoms with Gasteiger partial charge in [0.15, 0.2) is 0 Å². The second-order valence-electron chi connectivity index (χ2n) is 3.70. The summed E-state index contributed by atoms with van der Waals surface area (Å²) in [5.74, 6) is 4.59. The largest absolute Gasteiger partial charge is 0.395 e. The fraction of sp³-hybridized carbons (Fsp3) is 0.333. The molecule has 18 heavy (non-hydrogen) atoms. The van der Waals surface area contributed by atoms with Crippen LogP contribution in [0.5, 0.6) is 0 Å². The van der Waals surface area contributed by atoms with Crippen LogP contribution in [0, 0.1) is 17.7 Å². The van der Waals surface area contributed by atoms with E-state index < -0.39 is 15.8 Å². The minimum absolute atomic E-state index is 0.0423. The molecule has 0 amide bonds. The van der Waals surface area contributed by atoms with Crippen molar-refractivity contribution in [2.45, 2.75) is 11.3 Å². The Morgan fingerprint density at radius 1 is 1.39 bits per heavy atom. The van der Waals surface area contributed by atoms with Crippen molar-refractivity contribution in [3.63, 3.8) is 0 Å². The molecule has 0 aliphatic heterocycles. The summed E-state index contributed by atoms with van der Waals surface area (Å²) in [6, 6.07) is 3.34. The molecule has 0 saturated heterocycles. The first-order valence-electron chi connectivity index (χ1n) is 5.21. The molecular formula is C12H14FNO3S. The molecule has 6 heteroatoms. The second kappa shape index (κ2) is 5.96. The second-order valence-corrected chi connectivity index (χ2v) is 5.82. The van der Waals surface area contributed by atoms with Crippen LogP contribution in [-0.2, 0) is 10.0 Å². The first-order valence-corrected chi connectivity index (χ1v) is 6.65. The van der Waals surface area contributed by atoms with Gasteiger partial charge in [-0.15, -0.1) is 0 Å². The maximum Gasteiger partial charge on any atom is 0.243 e. The summed E-state index contributed by atoms with van der Waals surface area (Å²) >= 11 is 0. The standard InChI is InChI=1S/C12H14FNO3S/c1-14(2)18(16,17)12-7-6-11(13)9-10(12)5-3-4-8-15/h6-7,9,15H,4,8H2,1-2H3. The Balaban J connectivity index is 3.34. The highest BCUT2D eigenvalue weighted by molar-refractivity contribution is 7.89. The maximum absolute atomic E-state index is 13.1.